The van der Waals surface area contributed by atoms with Gasteiger partial charge in [0.05, 0.1) is 24.3 Å². The molecule has 4 nitrogen and oxygen atoms in total. The molecule has 1 fully saturated rings. The standard InChI is InChI=1S/C13H15Cl2NO3/c14-8-5-9-12(16-1-3-18-4-2-16)11(17)7-19-13(9)10(15)6-8/h5-6,11-12,17H,1-4,7H2. The number of hydrogen-bond acceptors (Lipinski definition) is 4. The zero-order chi connectivity index (χ0) is 13.4. The molecule has 2 aliphatic heterocycles. The molecule has 6 heteroatoms. The molecule has 1 saturated heterocycles. The SMILES string of the molecule is OC1COc2c(Cl)cc(Cl)cc2C1N1CCOCC1. The molecule has 0 saturated carbocycles. The van der Waals surface area contributed by atoms with Crippen LogP contribution in [0.15, 0.2) is 12.1 Å². The van der Waals surface area contributed by atoms with Crippen LogP contribution in [0.2, 0.25) is 10.0 Å². The molecule has 19 heavy (non-hydrogen) atoms. The van der Waals surface area contributed by atoms with E-state index >= 15 is 0 Å². The Morgan fingerprint density at radius 1 is 1.21 bits per heavy atom. The van der Waals surface area contributed by atoms with Crippen molar-refractivity contribution >= 4 is 23.2 Å². The van der Waals surface area contributed by atoms with Crippen molar-refractivity contribution in [1.29, 1.82) is 0 Å². The molecule has 0 spiro atoms. The normalized spacial score (nSPS) is 27.7. The van der Waals surface area contributed by atoms with Crippen LogP contribution in [0.5, 0.6) is 5.75 Å². The van der Waals surface area contributed by atoms with E-state index < -0.39 is 6.10 Å². The molecule has 2 unspecified atom stereocenters. The van der Waals surface area contributed by atoms with Gasteiger partial charge in [-0.15, -0.1) is 0 Å². The smallest absolute Gasteiger partial charge is 0.143 e. The van der Waals surface area contributed by atoms with E-state index in [1.807, 2.05) is 6.07 Å². The summed E-state index contributed by atoms with van der Waals surface area (Å²) in [6.07, 6.45) is -0.583. The van der Waals surface area contributed by atoms with E-state index in [9.17, 15) is 5.11 Å². The molecule has 104 valence electrons. The van der Waals surface area contributed by atoms with Crippen LogP contribution in [0.3, 0.4) is 0 Å². The van der Waals surface area contributed by atoms with Crippen LogP contribution in [0, 0.1) is 0 Å². The highest BCUT2D eigenvalue weighted by Crippen LogP contribution is 2.42. The first-order valence-corrected chi connectivity index (χ1v) is 7.04. The average Bonchev–Trinajstić information content (AvgIpc) is 2.39. The molecule has 3 rings (SSSR count). The van der Waals surface area contributed by atoms with Gasteiger partial charge in [-0.1, -0.05) is 23.2 Å². The summed E-state index contributed by atoms with van der Waals surface area (Å²) >= 11 is 12.2. The van der Waals surface area contributed by atoms with Crippen LogP contribution in [-0.2, 0) is 4.74 Å². The van der Waals surface area contributed by atoms with Gasteiger partial charge in [-0.3, -0.25) is 4.90 Å². The molecular weight excluding hydrogens is 289 g/mol. The lowest BCUT2D eigenvalue weighted by Crippen LogP contribution is -2.47. The molecule has 0 radical (unpaired) electrons. The summed E-state index contributed by atoms with van der Waals surface area (Å²) in [5.41, 5.74) is 0.859. The van der Waals surface area contributed by atoms with E-state index in [1.54, 1.807) is 6.07 Å². The Balaban J connectivity index is 2.00. The van der Waals surface area contributed by atoms with Crippen molar-refractivity contribution in [2.45, 2.75) is 12.1 Å². The third-order valence-electron chi connectivity index (χ3n) is 3.56. The van der Waals surface area contributed by atoms with Crippen LogP contribution < -0.4 is 4.74 Å². The van der Waals surface area contributed by atoms with Crippen LogP contribution in [0.25, 0.3) is 0 Å². The monoisotopic (exact) mass is 303 g/mol. The number of fused-ring (bicyclic) bond motifs is 1. The Bertz CT molecular complexity index is 477. The number of nitrogens with zero attached hydrogens (tertiary/aromatic N) is 1. The number of aliphatic hydroxyl groups excluding tert-OH is 1. The maximum atomic E-state index is 10.3. The second-order valence-electron chi connectivity index (χ2n) is 4.78. The van der Waals surface area contributed by atoms with Gasteiger partial charge in [0, 0.05) is 23.7 Å². The number of benzene rings is 1. The number of rotatable bonds is 1. The third-order valence-corrected chi connectivity index (χ3v) is 4.06. The van der Waals surface area contributed by atoms with Crippen molar-refractivity contribution in [3.8, 4) is 5.75 Å². The molecule has 1 N–H and O–H groups in total. The molecule has 2 heterocycles. The molecule has 0 aromatic heterocycles. The van der Waals surface area contributed by atoms with E-state index in [0.29, 0.717) is 29.0 Å². The fourth-order valence-corrected chi connectivity index (χ4v) is 3.28. The van der Waals surface area contributed by atoms with E-state index in [2.05, 4.69) is 4.90 Å². The Morgan fingerprint density at radius 2 is 1.95 bits per heavy atom. The molecule has 1 aromatic carbocycles. The zero-order valence-corrected chi connectivity index (χ0v) is 11.8. The second kappa shape index (κ2) is 5.46. The van der Waals surface area contributed by atoms with Crippen LogP contribution >= 0.6 is 23.2 Å². The molecule has 2 atom stereocenters. The first-order valence-electron chi connectivity index (χ1n) is 6.28. The Labute approximate surface area is 121 Å². The third kappa shape index (κ3) is 2.56. The van der Waals surface area contributed by atoms with E-state index in [1.165, 1.54) is 0 Å². The number of halogens is 2. The topological polar surface area (TPSA) is 41.9 Å². The first kappa shape index (κ1) is 13.5. The summed E-state index contributed by atoms with van der Waals surface area (Å²) in [5.74, 6) is 0.632. The zero-order valence-electron chi connectivity index (χ0n) is 10.3. The number of hydrogen-bond donors (Lipinski definition) is 1. The maximum Gasteiger partial charge on any atom is 0.143 e. The van der Waals surface area contributed by atoms with Gasteiger partial charge >= 0.3 is 0 Å². The highest BCUT2D eigenvalue weighted by molar-refractivity contribution is 6.35. The molecule has 0 aliphatic carbocycles. The molecule has 0 amide bonds. The first-order chi connectivity index (χ1) is 9.16. The number of aliphatic hydroxyl groups is 1. The molecule has 2 aliphatic rings. The van der Waals surface area contributed by atoms with Crippen molar-refractivity contribution in [2.75, 3.05) is 32.9 Å². The fourth-order valence-electron chi connectivity index (χ4n) is 2.72. The molecular formula is C13H15Cl2NO3. The highest BCUT2D eigenvalue weighted by atomic mass is 35.5. The Kier molecular flexibility index (Phi) is 3.87. The summed E-state index contributed by atoms with van der Waals surface area (Å²) in [4.78, 5) is 2.20. The quantitative estimate of drug-likeness (QED) is 0.863. The van der Waals surface area contributed by atoms with Gasteiger partial charge in [-0.2, -0.15) is 0 Å². The van der Waals surface area contributed by atoms with Crippen LogP contribution in [0.4, 0.5) is 0 Å². The summed E-state index contributed by atoms with van der Waals surface area (Å²) < 4.78 is 10.9. The van der Waals surface area contributed by atoms with Crippen molar-refractivity contribution in [1.82, 2.24) is 4.90 Å². The Morgan fingerprint density at radius 3 is 2.68 bits per heavy atom. The van der Waals surface area contributed by atoms with Crippen molar-refractivity contribution in [3.63, 3.8) is 0 Å². The van der Waals surface area contributed by atoms with Crippen molar-refractivity contribution in [2.24, 2.45) is 0 Å². The summed E-state index contributed by atoms with van der Waals surface area (Å²) in [7, 11) is 0. The lowest BCUT2D eigenvalue weighted by molar-refractivity contribution is -0.0443. The minimum Gasteiger partial charge on any atom is -0.489 e. The lowest BCUT2D eigenvalue weighted by atomic mass is 9.96. The predicted molar refractivity (Wildman–Crippen MR) is 73.1 cm³/mol. The van der Waals surface area contributed by atoms with Gasteiger partial charge < -0.3 is 14.6 Å². The van der Waals surface area contributed by atoms with E-state index in [-0.39, 0.29) is 12.6 Å². The van der Waals surface area contributed by atoms with Gasteiger partial charge in [0.2, 0.25) is 0 Å². The van der Waals surface area contributed by atoms with Gasteiger partial charge in [0.15, 0.2) is 0 Å². The van der Waals surface area contributed by atoms with Crippen molar-refractivity contribution < 1.29 is 14.6 Å². The van der Waals surface area contributed by atoms with Gasteiger partial charge in [0.25, 0.3) is 0 Å². The Hall–Kier alpha value is -0.520. The maximum absolute atomic E-state index is 10.3. The average molecular weight is 304 g/mol. The van der Waals surface area contributed by atoms with Gasteiger partial charge in [-0.05, 0) is 12.1 Å². The largest absolute Gasteiger partial charge is 0.489 e. The van der Waals surface area contributed by atoms with Crippen LogP contribution in [0.1, 0.15) is 11.6 Å². The second-order valence-corrected chi connectivity index (χ2v) is 5.62. The summed E-state index contributed by atoms with van der Waals surface area (Å²) in [5, 5.41) is 11.3. The molecule has 1 aromatic rings. The van der Waals surface area contributed by atoms with Gasteiger partial charge in [0.1, 0.15) is 18.5 Å². The highest BCUT2D eigenvalue weighted by Gasteiger charge is 2.36. The minimum atomic E-state index is -0.583. The van der Waals surface area contributed by atoms with Crippen LogP contribution in [-0.4, -0.2) is 49.0 Å². The molecule has 0 bridgehead atoms. The number of ether oxygens (including phenoxy) is 2. The summed E-state index contributed by atoms with van der Waals surface area (Å²) in [6, 6.07) is 3.35. The van der Waals surface area contributed by atoms with E-state index in [4.69, 9.17) is 32.7 Å². The lowest BCUT2D eigenvalue weighted by Gasteiger charge is -2.40. The van der Waals surface area contributed by atoms with Gasteiger partial charge in [-0.25, -0.2) is 0 Å². The predicted octanol–water partition coefficient (Wildman–Crippen LogP) is 2.12. The van der Waals surface area contributed by atoms with E-state index in [0.717, 1.165) is 18.7 Å². The van der Waals surface area contributed by atoms with Crippen molar-refractivity contribution in [3.05, 3.63) is 27.7 Å². The summed E-state index contributed by atoms with van der Waals surface area (Å²) in [6.45, 7) is 3.16. The minimum absolute atomic E-state index is 0.135. The number of morpholine rings is 1. The fraction of sp³-hybridized carbons (Fsp3) is 0.538.